The van der Waals surface area contributed by atoms with Crippen LogP contribution in [-0.4, -0.2) is 54.3 Å². The minimum atomic E-state index is -0.320. The number of benzene rings is 1. The van der Waals surface area contributed by atoms with Gasteiger partial charge in [-0.05, 0) is 12.1 Å². The third-order valence-electron chi connectivity index (χ3n) is 3.03. The molecular weight excluding hydrogens is 286 g/mol. The lowest BCUT2D eigenvalue weighted by Gasteiger charge is -2.07. The average molecular weight is 305 g/mol. The van der Waals surface area contributed by atoms with Gasteiger partial charge in [-0.3, -0.25) is 9.59 Å². The van der Waals surface area contributed by atoms with Crippen LogP contribution in [0.25, 0.3) is 10.9 Å². The molecule has 1 heterocycles. The van der Waals surface area contributed by atoms with Crippen molar-refractivity contribution in [3.05, 3.63) is 34.6 Å². The van der Waals surface area contributed by atoms with Crippen LogP contribution in [0.2, 0.25) is 0 Å². The predicted octanol–water partition coefficient (Wildman–Crippen LogP) is -0.856. The number of rotatable bonds is 8. The molecule has 0 saturated heterocycles. The number of methoxy groups -OCH3 is 1. The zero-order chi connectivity index (χ0) is 15.8. The molecule has 0 aliphatic carbocycles. The zero-order valence-electron chi connectivity index (χ0n) is 12.4. The van der Waals surface area contributed by atoms with Crippen molar-refractivity contribution in [2.75, 3.05) is 33.4 Å². The Labute approximate surface area is 127 Å². The summed E-state index contributed by atoms with van der Waals surface area (Å²) in [5.74, 6) is -0.278. The van der Waals surface area contributed by atoms with Gasteiger partial charge in [0.05, 0.1) is 12.0 Å². The number of carbonyl (C=O) groups is 1. The second-order valence-corrected chi connectivity index (χ2v) is 4.66. The summed E-state index contributed by atoms with van der Waals surface area (Å²) in [5, 5.41) is 14.0. The summed E-state index contributed by atoms with van der Waals surface area (Å²) in [6.45, 7) is 2.30. The van der Waals surface area contributed by atoms with E-state index in [0.717, 1.165) is 11.2 Å². The Balaban J connectivity index is 1.87. The molecule has 0 spiro atoms. The molecule has 8 nitrogen and oxygen atoms in total. The van der Waals surface area contributed by atoms with Crippen molar-refractivity contribution in [1.29, 1.82) is 0 Å². The Bertz CT molecular complexity index is 685. The molecule has 0 atom stereocenters. The third-order valence-corrected chi connectivity index (χ3v) is 3.03. The van der Waals surface area contributed by atoms with Gasteiger partial charge in [-0.25, -0.2) is 4.68 Å². The Morgan fingerprint density at radius 3 is 2.91 bits per heavy atom. The van der Waals surface area contributed by atoms with Gasteiger partial charge in [0.1, 0.15) is 12.1 Å². The van der Waals surface area contributed by atoms with E-state index in [-0.39, 0.29) is 18.0 Å². The van der Waals surface area contributed by atoms with Gasteiger partial charge in [-0.1, -0.05) is 17.3 Å². The van der Waals surface area contributed by atoms with Crippen molar-refractivity contribution in [3.8, 4) is 0 Å². The van der Waals surface area contributed by atoms with Crippen LogP contribution in [0.1, 0.15) is 0 Å². The summed E-state index contributed by atoms with van der Waals surface area (Å²) >= 11 is 0. The maximum absolute atomic E-state index is 12.2. The van der Waals surface area contributed by atoms with E-state index in [4.69, 9.17) is 4.74 Å². The largest absolute Gasteiger partial charge is 0.383 e. The molecule has 1 aromatic carbocycles. The average Bonchev–Trinajstić information content (AvgIpc) is 2.54. The fraction of sp³-hybridized carbons (Fsp3) is 0.429. The number of aromatic nitrogens is 3. The molecule has 8 heteroatoms. The lowest BCUT2D eigenvalue weighted by atomic mass is 10.2. The van der Waals surface area contributed by atoms with E-state index in [2.05, 4.69) is 20.9 Å². The molecule has 0 unspecified atom stereocenters. The molecule has 0 saturated carbocycles. The molecule has 1 aromatic heterocycles. The van der Waals surface area contributed by atoms with Crippen LogP contribution in [-0.2, 0) is 16.1 Å². The van der Waals surface area contributed by atoms with E-state index >= 15 is 0 Å². The van der Waals surface area contributed by atoms with Crippen LogP contribution in [0.3, 0.4) is 0 Å². The van der Waals surface area contributed by atoms with Crippen LogP contribution in [0, 0.1) is 0 Å². The van der Waals surface area contributed by atoms with Gasteiger partial charge in [0.25, 0.3) is 5.56 Å². The summed E-state index contributed by atoms with van der Waals surface area (Å²) in [7, 11) is 1.63. The number of hydrogen-bond donors (Lipinski definition) is 2. The molecule has 0 radical (unpaired) electrons. The Morgan fingerprint density at radius 1 is 1.27 bits per heavy atom. The first-order valence-corrected chi connectivity index (χ1v) is 7.01. The first-order chi connectivity index (χ1) is 10.7. The van der Waals surface area contributed by atoms with Gasteiger partial charge in [-0.2, -0.15) is 0 Å². The molecule has 2 N–H and O–H groups in total. The summed E-state index contributed by atoms with van der Waals surface area (Å²) in [4.78, 5) is 24.0. The topological polar surface area (TPSA) is 98.1 Å². The highest BCUT2D eigenvalue weighted by atomic mass is 16.5. The first-order valence-electron chi connectivity index (χ1n) is 7.01. The molecule has 2 rings (SSSR count). The fourth-order valence-electron chi connectivity index (χ4n) is 1.91. The third kappa shape index (κ3) is 4.34. The van der Waals surface area contributed by atoms with Gasteiger partial charge < -0.3 is 15.4 Å². The highest BCUT2D eigenvalue weighted by Gasteiger charge is 2.08. The molecule has 22 heavy (non-hydrogen) atoms. The molecule has 118 valence electrons. The van der Waals surface area contributed by atoms with Crippen molar-refractivity contribution in [2.45, 2.75) is 6.54 Å². The maximum atomic E-state index is 12.2. The number of nitrogens with zero attached hydrogens (tertiary/aromatic N) is 3. The Hall–Kier alpha value is -2.32. The monoisotopic (exact) mass is 305 g/mol. The van der Waals surface area contributed by atoms with Crippen molar-refractivity contribution < 1.29 is 9.53 Å². The zero-order valence-corrected chi connectivity index (χ0v) is 12.4. The second-order valence-electron chi connectivity index (χ2n) is 4.66. The van der Waals surface area contributed by atoms with Gasteiger partial charge in [0.2, 0.25) is 5.91 Å². The quantitative estimate of drug-likeness (QED) is 0.616. The summed E-state index contributed by atoms with van der Waals surface area (Å²) in [6.07, 6.45) is 0. The normalized spacial score (nSPS) is 10.8. The predicted molar refractivity (Wildman–Crippen MR) is 81.6 cm³/mol. The van der Waals surface area contributed by atoms with Gasteiger partial charge >= 0.3 is 0 Å². The van der Waals surface area contributed by atoms with Gasteiger partial charge in [0.15, 0.2) is 0 Å². The van der Waals surface area contributed by atoms with Crippen LogP contribution < -0.4 is 16.2 Å². The van der Waals surface area contributed by atoms with Crippen LogP contribution in [0.4, 0.5) is 0 Å². The number of nitrogens with one attached hydrogen (secondary N) is 2. The van der Waals surface area contributed by atoms with Crippen LogP contribution in [0.15, 0.2) is 29.1 Å². The highest BCUT2D eigenvalue weighted by Crippen LogP contribution is 2.02. The van der Waals surface area contributed by atoms with Crippen molar-refractivity contribution in [3.63, 3.8) is 0 Å². The molecule has 2 aromatic rings. The van der Waals surface area contributed by atoms with E-state index in [1.807, 2.05) is 0 Å². The smallest absolute Gasteiger partial charge is 0.278 e. The van der Waals surface area contributed by atoms with E-state index in [0.29, 0.717) is 30.6 Å². The molecular formula is C14H19N5O3. The molecule has 0 aliphatic rings. The molecule has 0 fully saturated rings. The molecule has 1 amide bonds. The number of amides is 1. The van der Waals surface area contributed by atoms with Gasteiger partial charge in [0, 0.05) is 26.7 Å². The Kier molecular flexibility index (Phi) is 5.99. The minimum Gasteiger partial charge on any atom is -0.383 e. The summed E-state index contributed by atoms with van der Waals surface area (Å²) < 4.78 is 5.96. The number of fused-ring (bicyclic) bond motifs is 1. The molecule has 0 aliphatic heterocycles. The minimum absolute atomic E-state index is 0.144. The number of carbonyl (C=O) groups excluding carboxylic acids is 1. The lowest BCUT2D eigenvalue weighted by Crippen LogP contribution is -2.37. The summed E-state index contributed by atoms with van der Waals surface area (Å²) in [5.41, 5.74) is 0.200. The first kappa shape index (κ1) is 16.1. The van der Waals surface area contributed by atoms with Crippen molar-refractivity contribution in [2.24, 2.45) is 0 Å². The molecule has 0 bridgehead atoms. The van der Waals surface area contributed by atoms with Crippen molar-refractivity contribution in [1.82, 2.24) is 25.6 Å². The fourth-order valence-corrected chi connectivity index (χ4v) is 1.91. The Morgan fingerprint density at radius 2 is 2.09 bits per heavy atom. The van der Waals surface area contributed by atoms with Crippen LogP contribution in [0.5, 0.6) is 0 Å². The summed E-state index contributed by atoms with van der Waals surface area (Å²) in [6, 6.07) is 6.91. The maximum Gasteiger partial charge on any atom is 0.278 e. The van der Waals surface area contributed by atoms with Crippen LogP contribution >= 0.6 is 0 Å². The highest BCUT2D eigenvalue weighted by molar-refractivity contribution is 5.78. The van der Waals surface area contributed by atoms with E-state index in [1.165, 1.54) is 0 Å². The number of ether oxygens (including phenoxy) is 1. The van der Waals surface area contributed by atoms with E-state index in [1.54, 1.807) is 31.4 Å². The second kappa shape index (κ2) is 8.20. The van der Waals surface area contributed by atoms with E-state index in [9.17, 15) is 9.59 Å². The SMILES string of the molecule is COCCNCCNC(=O)Cn1nnc2ccccc2c1=O. The van der Waals surface area contributed by atoms with Gasteiger partial charge in [-0.15, -0.1) is 5.10 Å². The standard InChI is InChI=1S/C14H19N5O3/c1-22-9-8-15-6-7-16-13(20)10-19-14(21)11-4-2-3-5-12(11)17-18-19/h2-5,15H,6-10H2,1H3,(H,16,20). The van der Waals surface area contributed by atoms with E-state index < -0.39 is 0 Å². The lowest BCUT2D eigenvalue weighted by molar-refractivity contribution is -0.121. The van der Waals surface area contributed by atoms with Crippen molar-refractivity contribution >= 4 is 16.8 Å². The number of hydrogen-bond acceptors (Lipinski definition) is 6.